The molecule has 2 aromatic rings. The number of nitrogens with zero attached hydrogens (tertiary/aromatic N) is 2. The van der Waals surface area contributed by atoms with E-state index in [0.29, 0.717) is 15.8 Å². The van der Waals surface area contributed by atoms with E-state index in [9.17, 15) is 9.90 Å². The van der Waals surface area contributed by atoms with Crippen LogP contribution in [0.4, 0.5) is 5.69 Å². The third-order valence-electron chi connectivity index (χ3n) is 3.69. The number of carbonyl (C=O) groups excluding carboxylic acids is 1. The van der Waals surface area contributed by atoms with Crippen LogP contribution in [-0.4, -0.2) is 28.1 Å². The molecule has 4 nitrogen and oxygen atoms in total. The summed E-state index contributed by atoms with van der Waals surface area (Å²) in [6.45, 7) is 3.92. The third-order valence-corrected chi connectivity index (χ3v) is 4.75. The van der Waals surface area contributed by atoms with E-state index in [-0.39, 0.29) is 11.7 Å². The summed E-state index contributed by atoms with van der Waals surface area (Å²) < 4.78 is 0. The van der Waals surface area contributed by atoms with Crippen molar-refractivity contribution in [2.24, 2.45) is 4.99 Å². The summed E-state index contributed by atoms with van der Waals surface area (Å²) in [5.41, 5.74) is 3.55. The van der Waals surface area contributed by atoms with Gasteiger partial charge in [0.1, 0.15) is 11.4 Å². The van der Waals surface area contributed by atoms with Crippen LogP contribution in [0.2, 0.25) is 0 Å². The number of aliphatic imine (C=N–C) groups is 1. The van der Waals surface area contributed by atoms with Gasteiger partial charge in [-0.15, -0.1) is 0 Å². The van der Waals surface area contributed by atoms with Crippen molar-refractivity contribution in [2.45, 2.75) is 13.8 Å². The first kappa shape index (κ1) is 16.3. The quantitative estimate of drug-likeness (QED) is 0.833. The first-order valence-electron chi connectivity index (χ1n) is 7.56. The molecule has 1 saturated heterocycles. The Balaban J connectivity index is 1.92. The Morgan fingerprint density at radius 2 is 1.88 bits per heavy atom. The Bertz CT molecular complexity index is 871. The van der Waals surface area contributed by atoms with E-state index >= 15 is 0 Å². The highest BCUT2D eigenvalue weighted by molar-refractivity contribution is 8.18. The number of hydrogen-bond donors (Lipinski definition) is 1. The molecule has 0 bridgehead atoms. The molecular weight excluding hydrogens is 320 g/mol. The van der Waals surface area contributed by atoms with Crippen molar-refractivity contribution in [2.75, 3.05) is 7.05 Å². The van der Waals surface area contributed by atoms with E-state index in [4.69, 9.17) is 0 Å². The first-order valence-corrected chi connectivity index (χ1v) is 8.38. The maximum Gasteiger partial charge on any atom is 0.266 e. The number of phenolic OH excluding ortho intramolecular Hbond substituents is 1. The van der Waals surface area contributed by atoms with Crippen molar-refractivity contribution < 1.29 is 9.90 Å². The Labute approximate surface area is 145 Å². The van der Waals surface area contributed by atoms with Gasteiger partial charge in [-0.3, -0.25) is 9.69 Å². The molecule has 0 radical (unpaired) electrons. The molecular formula is C19H18N2O2S. The van der Waals surface area contributed by atoms with Gasteiger partial charge in [-0.25, -0.2) is 4.99 Å². The Hall–Kier alpha value is -2.53. The average Bonchev–Trinajstić information content (AvgIpc) is 2.78. The van der Waals surface area contributed by atoms with Gasteiger partial charge in [0.2, 0.25) is 0 Å². The van der Waals surface area contributed by atoms with Crippen LogP contribution in [-0.2, 0) is 4.79 Å². The summed E-state index contributed by atoms with van der Waals surface area (Å²) in [7, 11) is 1.69. The second kappa shape index (κ2) is 6.53. The summed E-state index contributed by atoms with van der Waals surface area (Å²) >= 11 is 1.31. The Kier molecular flexibility index (Phi) is 4.44. The molecule has 1 amide bonds. The zero-order valence-corrected chi connectivity index (χ0v) is 14.6. The average molecular weight is 338 g/mol. The number of rotatable bonds is 2. The number of likely N-dealkylation sites (N-methyl/N-ethyl adjacent to an activating group) is 1. The number of amides is 1. The second-order valence-corrected chi connectivity index (χ2v) is 6.78. The van der Waals surface area contributed by atoms with E-state index in [2.05, 4.69) is 4.99 Å². The van der Waals surface area contributed by atoms with Crippen LogP contribution in [0.1, 0.15) is 16.7 Å². The number of benzene rings is 2. The van der Waals surface area contributed by atoms with Gasteiger partial charge in [0, 0.05) is 7.05 Å². The van der Waals surface area contributed by atoms with Crippen molar-refractivity contribution in [3.8, 4) is 5.75 Å². The Morgan fingerprint density at radius 1 is 1.12 bits per heavy atom. The first-order chi connectivity index (χ1) is 11.4. The molecule has 1 heterocycles. The molecule has 0 atom stereocenters. The van der Waals surface area contributed by atoms with Crippen LogP contribution in [0.5, 0.6) is 5.75 Å². The van der Waals surface area contributed by atoms with Crippen LogP contribution in [0, 0.1) is 13.8 Å². The molecule has 0 spiro atoms. The van der Waals surface area contributed by atoms with Crippen molar-refractivity contribution in [1.82, 2.24) is 4.90 Å². The fourth-order valence-electron chi connectivity index (χ4n) is 2.39. The van der Waals surface area contributed by atoms with Gasteiger partial charge >= 0.3 is 0 Å². The van der Waals surface area contributed by atoms with Gasteiger partial charge in [-0.1, -0.05) is 35.9 Å². The monoisotopic (exact) mass is 338 g/mol. The fraction of sp³-hybridized carbons (Fsp3) is 0.158. The standard InChI is InChI=1S/C19H18N2O2S/c1-12-5-4-6-14(9-12)11-17-18(23)21(3)19(24-17)20-15-8-7-13(2)10-16(15)22/h4-11,22H,1-3H3/b17-11-,20-19?. The van der Waals surface area contributed by atoms with Gasteiger partial charge in [0.15, 0.2) is 5.17 Å². The lowest BCUT2D eigenvalue weighted by Gasteiger charge is -2.08. The largest absolute Gasteiger partial charge is 0.506 e. The van der Waals surface area contributed by atoms with Gasteiger partial charge in [0.05, 0.1) is 4.91 Å². The SMILES string of the molecule is Cc1cccc(/C=C2\SC(=Nc3ccc(C)cc3O)N(C)C2=O)c1. The Morgan fingerprint density at radius 3 is 2.58 bits per heavy atom. The summed E-state index contributed by atoms with van der Waals surface area (Å²) in [6, 6.07) is 13.3. The number of thioether (sulfide) groups is 1. The topological polar surface area (TPSA) is 52.9 Å². The molecule has 24 heavy (non-hydrogen) atoms. The molecule has 5 heteroatoms. The highest BCUT2D eigenvalue weighted by Gasteiger charge is 2.30. The second-order valence-electron chi connectivity index (χ2n) is 5.78. The zero-order chi connectivity index (χ0) is 17.3. The predicted octanol–water partition coefficient (Wildman–Crippen LogP) is 4.24. The number of amidine groups is 1. The molecule has 0 aromatic heterocycles. The number of aryl methyl sites for hydroxylation is 2. The summed E-state index contributed by atoms with van der Waals surface area (Å²) in [4.78, 5) is 19.0. The van der Waals surface area contributed by atoms with E-state index < -0.39 is 0 Å². The maximum absolute atomic E-state index is 12.4. The highest BCUT2D eigenvalue weighted by Crippen LogP contribution is 2.35. The minimum Gasteiger partial charge on any atom is -0.506 e. The van der Waals surface area contributed by atoms with Gasteiger partial charge in [-0.2, -0.15) is 0 Å². The van der Waals surface area contributed by atoms with Crippen LogP contribution in [0.25, 0.3) is 6.08 Å². The summed E-state index contributed by atoms with van der Waals surface area (Å²) in [5, 5.41) is 10.6. The zero-order valence-electron chi connectivity index (χ0n) is 13.8. The smallest absolute Gasteiger partial charge is 0.266 e. The van der Waals surface area contributed by atoms with Crippen LogP contribution >= 0.6 is 11.8 Å². The minimum atomic E-state index is -0.0909. The molecule has 0 saturated carbocycles. The van der Waals surface area contributed by atoms with Gasteiger partial charge < -0.3 is 5.11 Å². The molecule has 1 fully saturated rings. The van der Waals surface area contributed by atoms with Crippen LogP contribution < -0.4 is 0 Å². The lowest BCUT2D eigenvalue weighted by molar-refractivity contribution is -0.121. The minimum absolute atomic E-state index is 0.0909. The van der Waals surface area contributed by atoms with Crippen molar-refractivity contribution >= 4 is 34.6 Å². The van der Waals surface area contributed by atoms with Crippen molar-refractivity contribution in [3.63, 3.8) is 0 Å². The maximum atomic E-state index is 12.4. The lowest BCUT2D eigenvalue weighted by atomic mass is 10.1. The van der Waals surface area contributed by atoms with Crippen LogP contribution in [0.3, 0.4) is 0 Å². The van der Waals surface area contributed by atoms with Crippen molar-refractivity contribution in [3.05, 3.63) is 64.1 Å². The lowest BCUT2D eigenvalue weighted by Crippen LogP contribution is -2.23. The highest BCUT2D eigenvalue weighted by atomic mass is 32.2. The number of carbonyl (C=O) groups is 1. The summed E-state index contributed by atoms with van der Waals surface area (Å²) in [5.74, 6) is 0.0203. The fourth-order valence-corrected chi connectivity index (χ4v) is 3.37. The molecule has 0 aliphatic carbocycles. The number of aromatic hydroxyl groups is 1. The number of phenols is 1. The molecule has 1 aliphatic rings. The van der Waals surface area contributed by atoms with E-state index in [0.717, 1.165) is 16.7 Å². The van der Waals surface area contributed by atoms with E-state index in [1.807, 2.05) is 50.3 Å². The third kappa shape index (κ3) is 3.36. The van der Waals surface area contributed by atoms with E-state index in [1.165, 1.54) is 16.7 Å². The van der Waals surface area contributed by atoms with E-state index in [1.54, 1.807) is 19.2 Å². The van der Waals surface area contributed by atoms with Gasteiger partial charge in [-0.05, 0) is 54.9 Å². The molecule has 1 aliphatic heterocycles. The molecule has 2 aromatic carbocycles. The molecule has 3 rings (SSSR count). The van der Waals surface area contributed by atoms with Gasteiger partial charge in [0.25, 0.3) is 5.91 Å². The molecule has 1 N–H and O–H groups in total. The normalized spacial score (nSPS) is 18.0. The molecule has 122 valence electrons. The molecule has 0 unspecified atom stereocenters. The number of hydrogen-bond acceptors (Lipinski definition) is 4. The van der Waals surface area contributed by atoms with Crippen molar-refractivity contribution in [1.29, 1.82) is 0 Å². The predicted molar refractivity (Wildman–Crippen MR) is 99.5 cm³/mol. The van der Waals surface area contributed by atoms with Crippen LogP contribution in [0.15, 0.2) is 52.4 Å². The summed E-state index contributed by atoms with van der Waals surface area (Å²) in [6.07, 6.45) is 1.87.